The fraction of sp³-hybridized carbons (Fsp3) is 0.176. The summed E-state index contributed by atoms with van der Waals surface area (Å²) in [4.78, 5) is 16.5. The van der Waals surface area contributed by atoms with E-state index in [1.54, 1.807) is 28.8 Å². The summed E-state index contributed by atoms with van der Waals surface area (Å²) in [6.07, 6.45) is 0. The second kappa shape index (κ2) is 7.12. The average molecular weight is 374 g/mol. The van der Waals surface area contributed by atoms with E-state index in [0.717, 1.165) is 10.6 Å². The lowest BCUT2D eigenvalue weighted by atomic mass is 10.3. The average Bonchev–Trinajstić information content (AvgIpc) is 3.38. The Morgan fingerprint density at radius 2 is 2.16 bits per heavy atom. The van der Waals surface area contributed by atoms with Gasteiger partial charge in [-0.2, -0.15) is 11.3 Å². The second-order valence-electron chi connectivity index (χ2n) is 5.17. The van der Waals surface area contributed by atoms with Gasteiger partial charge < -0.3 is 19.5 Å². The zero-order valence-corrected chi connectivity index (χ0v) is 14.7. The van der Waals surface area contributed by atoms with Crippen LogP contribution in [-0.2, 0) is 0 Å². The van der Waals surface area contributed by atoms with E-state index >= 15 is 0 Å². The molecule has 1 amide bonds. The minimum atomic E-state index is -0.202. The number of rotatable bonds is 6. The number of hydrogen-bond acceptors (Lipinski definition) is 7. The van der Waals surface area contributed by atoms with Crippen LogP contribution in [0.5, 0.6) is 17.2 Å². The third-order valence-corrected chi connectivity index (χ3v) is 5.08. The largest absolute Gasteiger partial charge is 0.492 e. The number of carbonyl (C=O) groups is 1. The summed E-state index contributed by atoms with van der Waals surface area (Å²) < 4.78 is 16.2. The Labute approximate surface area is 152 Å². The van der Waals surface area contributed by atoms with Crippen molar-refractivity contribution >= 4 is 28.6 Å². The molecular formula is C17H14N2O4S2. The number of nitrogens with one attached hydrogen (secondary N) is 1. The van der Waals surface area contributed by atoms with Gasteiger partial charge in [0.25, 0.3) is 5.91 Å². The molecule has 0 saturated heterocycles. The third-order valence-electron chi connectivity index (χ3n) is 3.51. The van der Waals surface area contributed by atoms with Crippen LogP contribution in [-0.4, -0.2) is 30.8 Å². The summed E-state index contributed by atoms with van der Waals surface area (Å²) in [5, 5.41) is 9.43. The molecule has 0 aliphatic carbocycles. The lowest BCUT2D eigenvalue weighted by molar-refractivity contribution is 0.0942. The predicted molar refractivity (Wildman–Crippen MR) is 95.8 cm³/mol. The minimum Gasteiger partial charge on any atom is -0.492 e. The Kier molecular flexibility index (Phi) is 4.53. The third kappa shape index (κ3) is 3.59. The van der Waals surface area contributed by atoms with Crippen molar-refractivity contribution < 1.29 is 19.0 Å². The van der Waals surface area contributed by atoms with Gasteiger partial charge in [-0.1, -0.05) is 0 Å². The first-order chi connectivity index (χ1) is 12.3. The highest BCUT2D eigenvalue weighted by Gasteiger charge is 2.14. The van der Waals surface area contributed by atoms with Crippen molar-refractivity contribution in [1.29, 1.82) is 0 Å². The molecule has 25 heavy (non-hydrogen) atoms. The molecule has 0 atom stereocenters. The van der Waals surface area contributed by atoms with Gasteiger partial charge in [0.05, 0.1) is 6.54 Å². The quantitative estimate of drug-likeness (QED) is 0.670. The Balaban J connectivity index is 1.26. The van der Waals surface area contributed by atoms with E-state index < -0.39 is 0 Å². The van der Waals surface area contributed by atoms with Crippen LogP contribution in [0.4, 0.5) is 0 Å². The Morgan fingerprint density at radius 1 is 1.24 bits per heavy atom. The van der Waals surface area contributed by atoms with Crippen LogP contribution >= 0.6 is 22.7 Å². The van der Waals surface area contributed by atoms with Crippen molar-refractivity contribution in [2.45, 2.75) is 0 Å². The van der Waals surface area contributed by atoms with Crippen LogP contribution in [0.3, 0.4) is 0 Å². The second-order valence-corrected chi connectivity index (χ2v) is 6.81. The maximum atomic E-state index is 12.1. The number of ether oxygens (including phenoxy) is 3. The van der Waals surface area contributed by atoms with Gasteiger partial charge in [-0.15, -0.1) is 11.3 Å². The van der Waals surface area contributed by atoms with E-state index in [-0.39, 0.29) is 12.7 Å². The molecule has 3 aromatic rings. The van der Waals surface area contributed by atoms with E-state index in [2.05, 4.69) is 10.3 Å². The molecule has 1 aliphatic heterocycles. The Hall–Kier alpha value is -2.58. The van der Waals surface area contributed by atoms with Crippen LogP contribution < -0.4 is 19.5 Å². The van der Waals surface area contributed by atoms with Gasteiger partial charge >= 0.3 is 0 Å². The highest BCUT2D eigenvalue weighted by Crippen LogP contribution is 2.35. The molecule has 1 aliphatic rings. The summed E-state index contributed by atoms with van der Waals surface area (Å²) in [6, 6.07) is 7.38. The number of hydrogen-bond donors (Lipinski definition) is 1. The molecule has 1 N–H and O–H groups in total. The van der Waals surface area contributed by atoms with Crippen LogP contribution in [0.1, 0.15) is 10.5 Å². The zero-order chi connectivity index (χ0) is 17.1. The normalized spacial score (nSPS) is 12.2. The van der Waals surface area contributed by atoms with E-state index in [9.17, 15) is 4.79 Å². The highest BCUT2D eigenvalue weighted by molar-refractivity contribution is 7.14. The number of thiazole rings is 1. The van der Waals surface area contributed by atoms with Crippen molar-refractivity contribution in [3.05, 3.63) is 46.1 Å². The molecule has 2 aromatic heterocycles. The van der Waals surface area contributed by atoms with Crippen LogP contribution in [0.25, 0.3) is 10.6 Å². The zero-order valence-electron chi connectivity index (χ0n) is 13.1. The topological polar surface area (TPSA) is 69.7 Å². The van der Waals surface area contributed by atoms with Crippen molar-refractivity contribution in [2.75, 3.05) is 19.9 Å². The van der Waals surface area contributed by atoms with Crippen molar-refractivity contribution in [3.63, 3.8) is 0 Å². The molecule has 4 rings (SSSR count). The molecule has 0 bridgehead atoms. The minimum absolute atomic E-state index is 0.202. The molecule has 1 aromatic carbocycles. The first-order valence-corrected chi connectivity index (χ1v) is 9.40. The van der Waals surface area contributed by atoms with E-state index in [4.69, 9.17) is 14.2 Å². The first kappa shape index (κ1) is 15.9. The van der Waals surface area contributed by atoms with Gasteiger partial charge in [0, 0.05) is 22.4 Å². The molecule has 0 saturated carbocycles. The molecule has 0 radical (unpaired) electrons. The van der Waals surface area contributed by atoms with Crippen molar-refractivity contribution in [3.8, 4) is 27.8 Å². The number of fused-ring (bicyclic) bond motifs is 1. The van der Waals surface area contributed by atoms with Gasteiger partial charge in [-0.3, -0.25) is 4.79 Å². The number of benzene rings is 1. The number of nitrogens with zero attached hydrogens (tertiary/aromatic N) is 1. The number of carbonyl (C=O) groups excluding carboxylic acids is 1. The SMILES string of the molecule is O=C(NCCOc1ccc2c(c1)OCO2)c1csc(-c2ccsc2)n1. The molecule has 8 heteroatoms. The van der Waals surface area contributed by atoms with Crippen LogP contribution in [0.15, 0.2) is 40.4 Å². The molecule has 6 nitrogen and oxygen atoms in total. The van der Waals surface area contributed by atoms with Crippen molar-refractivity contribution in [1.82, 2.24) is 10.3 Å². The summed E-state index contributed by atoms with van der Waals surface area (Å²) in [6.45, 7) is 0.974. The monoisotopic (exact) mass is 374 g/mol. The van der Waals surface area contributed by atoms with E-state index in [0.29, 0.717) is 36.1 Å². The van der Waals surface area contributed by atoms with Crippen LogP contribution in [0.2, 0.25) is 0 Å². The lowest BCUT2D eigenvalue weighted by Gasteiger charge is -2.07. The number of aromatic nitrogens is 1. The molecule has 0 unspecified atom stereocenters. The molecular weight excluding hydrogens is 360 g/mol. The van der Waals surface area contributed by atoms with Gasteiger partial charge in [0.1, 0.15) is 23.1 Å². The fourth-order valence-electron chi connectivity index (χ4n) is 2.29. The Morgan fingerprint density at radius 3 is 3.04 bits per heavy atom. The van der Waals surface area contributed by atoms with E-state index in [1.807, 2.05) is 22.9 Å². The Bertz CT molecular complexity index is 877. The molecule has 128 valence electrons. The fourth-order valence-corrected chi connectivity index (χ4v) is 3.80. The first-order valence-electron chi connectivity index (χ1n) is 7.58. The van der Waals surface area contributed by atoms with Gasteiger partial charge in [0.15, 0.2) is 11.5 Å². The molecule has 0 spiro atoms. The predicted octanol–water partition coefficient (Wildman–Crippen LogP) is 3.41. The van der Waals surface area contributed by atoms with Gasteiger partial charge in [0.2, 0.25) is 6.79 Å². The summed E-state index contributed by atoms with van der Waals surface area (Å²) in [7, 11) is 0. The summed E-state index contributed by atoms with van der Waals surface area (Å²) in [5.41, 5.74) is 1.47. The highest BCUT2D eigenvalue weighted by atomic mass is 32.1. The number of amides is 1. The maximum absolute atomic E-state index is 12.1. The van der Waals surface area contributed by atoms with Gasteiger partial charge in [-0.05, 0) is 23.6 Å². The standard InChI is InChI=1S/C17H14N2O4S2/c20-16(13-9-25-17(19-13)11-3-6-24-8-11)18-4-5-21-12-1-2-14-15(7-12)23-10-22-14/h1-3,6-9H,4-5,10H2,(H,18,20). The van der Waals surface area contributed by atoms with Gasteiger partial charge in [-0.25, -0.2) is 4.98 Å². The molecule has 3 heterocycles. The maximum Gasteiger partial charge on any atom is 0.270 e. The van der Waals surface area contributed by atoms with E-state index in [1.165, 1.54) is 11.3 Å². The lowest BCUT2D eigenvalue weighted by Crippen LogP contribution is -2.28. The molecule has 0 fully saturated rings. The smallest absolute Gasteiger partial charge is 0.270 e. The van der Waals surface area contributed by atoms with Crippen LogP contribution in [0, 0.1) is 0 Å². The summed E-state index contributed by atoms with van der Waals surface area (Å²) in [5.74, 6) is 1.86. The number of thiophene rings is 1. The summed E-state index contributed by atoms with van der Waals surface area (Å²) >= 11 is 3.07. The van der Waals surface area contributed by atoms with Crippen molar-refractivity contribution in [2.24, 2.45) is 0 Å².